The van der Waals surface area contributed by atoms with Crippen LogP contribution < -0.4 is 0 Å². The monoisotopic (exact) mass is 290 g/mol. The molecular formula is C12H7ClF4N2. The molecule has 19 heavy (non-hydrogen) atoms. The lowest BCUT2D eigenvalue weighted by atomic mass is 10.0. The first-order chi connectivity index (χ1) is 8.84. The van der Waals surface area contributed by atoms with Crippen molar-refractivity contribution in [2.24, 2.45) is 0 Å². The molecule has 0 radical (unpaired) electrons. The van der Waals surface area contributed by atoms with Crippen LogP contribution in [0.5, 0.6) is 0 Å². The van der Waals surface area contributed by atoms with E-state index in [1.54, 1.807) is 0 Å². The minimum absolute atomic E-state index is 0.0933. The first-order valence-corrected chi connectivity index (χ1v) is 5.56. The molecule has 0 N–H and O–H groups in total. The van der Waals surface area contributed by atoms with Crippen LogP contribution in [0.1, 0.15) is 16.7 Å². The highest BCUT2D eigenvalue weighted by Gasteiger charge is 2.31. The molecule has 0 atom stereocenters. The summed E-state index contributed by atoms with van der Waals surface area (Å²) in [7, 11) is 0. The van der Waals surface area contributed by atoms with E-state index in [9.17, 15) is 17.6 Å². The van der Waals surface area contributed by atoms with Crippen LogP contribution in [0, 0.1) is 5.82 Å². The molecule has 1 aromatic heterocycles. The Balaban J connectivity index is 2.33. The van der Waals surface area contributed by atoms with Crippen LogP contribution in [0.25, 0.3) is 0 Å². The molecule has 0 saturated carbocycles. The highest BCUT2D eigenvalue weighted by atomic mass is 35.5. The molecule has 0 bridgehead atoms. The summed E-state index contributed by atoms with van der Waals surface area (Å²) in [5.74, 6) is -0.932. The highest BCUT2D eigenvalue weighted by molar-refractivity contribution is 6.29. The smallest absolute Gasteiger partial charge is 0.207 e. The summed E-state index contributed by atoms with van der Waals surface area (Å²) in [6.07, 6.45) is -3.12. The lowest BCUT2D eigenvalue weighted by Gasteiger charge is -2.09. The molecule has 0 aliphatic rings. The zero-order chi connectivity index (χ0) is 14.0. The molecule has 2 rings (SSSR count). The van der Waals surface area contributed by atoms with Gasteiger partial charge in [-0.1, -0.05) is 11.6 Å². The average Bonchev–Trinajstić information content (AvgIpc) is 2.26. The van der Waals surface area contributed by atoms with E-state index in [0.29, 0.717) is 11.6 Å². The maximum Gasteiger partial charge on any atom is 0.416 e. The Hall–Kier alpha value is -1.69. The van der Waals surface area contributed by atoms with Gasteiger partial charge in [0, 0.05) is 0 Å². The molecule has 0 aliphatic heterocycles. The van der Waals surface area contributed by atoms with Crippen molar-refractivity contribution in [3.8, 4) is 0 Å². The molecule has 0 amide bonds. The Morgan fingerprint density at radius 1 is 1.05 bits per heavy atom. The van der Waals surface area contributed by atoms with Crippen LogP contribution in [-0.2, 0) is 12.6 Å². The fraction of sp³-hybridized carbons (Fsp3) is 0.167. The predicted octanol–water partition coefficient (Wildman–Crippen LogP) is 3.88. The summed E-state index contributed by atoms with van der Waals surface area (Å²) < 4.78 is 50.8. The second-order valence-electron chi connectivity index (χ2n) is 3.91. The summed E-state index contributed by atoms with van der Waals surface area (Å²) in [6, 6.07) is 3.87. The van der Waals surface area contributed by atoms with E-state index in [2.05, 4.69) is 10.2 Å². The maximum atomic E-state index is 13.2. The lowest BCUT2D eigenvalue weighted by Crippen LogP contribution is -2.06. The van der Waals surface area contributed by atoms with Crippen LogP contribution in [0.3, 0.4) is 0 Å². The van der Waals surface area contributed by atoms with Gasteiger partial charge in [0.25, 0.3) is 0 Å². The number of benzene rings is 1. The van der Waals surface area contributed by atoms with Crippen molar-refractivity contribution in [1.82, 2.24) is 10.2 Å². The first-order valence-electron chi connectivity index (χ1n) is 5.18. The topological polar surface area (TPSA) is 25.8 Å². The van der Waals surface area contributed by atoms with Gasteiger partial charge in [-0.3, -0.25) is 0 Å². The standard InChI is InChI=1S/C12H7ClF4N2/c13-11-4-8(6-18-19-11)1-7-2-9(12(15,16)17)5-10(14)3-7/h2-6H,1H2. The lowest BCUT2D eigenvalue weighted by molar-refractivity contribution is -0.137. The SMILES string of the molecule is Fc1cc(Cc2cnnc(Cl)c2)cc(C(F)(F)F)c1. The van der Waals surface area contributed by atoms with Crippen molar-refractivity contribution in [2.45, 2.75) is 12.6 Å². The fourth-order valence-corrected chi connectivity index (χ4v) is 1.81. The van der Waals surface area contributed by atoms with E-state index in [1.807, 2.05) is 0 Å². The third-order valence-corrected chi connectivity index (χ3v) is 2.56. The molecule has 0 spiro atoms. The van der Waals surface area contributed by atoms with Gasteiger partial charge in [-0.15, -0.1) is 5.10 Å². The zero-order valence-electron chi connectivity index (χ0n) is 9.38. The van der Waals surface area contributed by atoms with Crippen molar-refractivity contribution in [3.63, 3.8) is 0 Å². The van der Waals surface area contributed by atoms with Gasteiger partial charge in [0.15, 0.2) is 5.15 Å². The van der Waals surface area contributed by atoms with Crippen LogP contribution in [0.2, 0.25) is 5.15 Å². The number of alkyl halides is 3. The van der Waals surface area contributed by atoms with Crippen molar-refractivity contribution in [3.05, 3.63) is 58.1 Å². The summed E-state index contributed by atoms with van der Waals surface area (Å²) >= 11 is 5.62. The van der Waals surface area contributed by atoms with Gasteiger partial charge in [-0.25, -0.2) is 4.39 Å². The number of nitrogens with zero attached hydrogens (tertiary/aromatic N) is 2. The molecule has 0 unspecified atom stereocenters. The number of aromatic nitrogens is 2. The van der Waals surface area contributed by atoms with E-state index in [-0.39, 0.29) is 17.1 Å². The second-order valence-corrected chi connectivity index (χ2v) is 4.30. The van der Waals surface area contributed by atoms with E-state index in [1.165, 1.54) is 12.3 Å². The van der Waals surface area contributed by atoms with E-state index >= 15 is 0 Å². The molecule has 1 aromatic carbocycles. The van der Waals surface area contributed by atoms with Gasteiger partial charge in [0.05, 0.1) is 11.8 Å². The second kappa shape index (κ2) is 5.13. The molecule has 100 valence electrons. The molecular weight excluding hydrogens is 284 g/mol. The van der Waals surface area contributed by atoms with Gasteiger partial charge >= 0.3 is 6.18 Å². The van der Waals surface area contributed by atoms with Crippen LogP contribution in [0.15, 0.2) is 30.5 Å². The minimum atomic E-state index is -4.58. The maximum absolute atomic E-state index is 13.2. The van der Waals surface area contributed by atoms with Gasteiger partial charge in [-0.05, 0) is 41.8 Å². The summed E-state index contributed by atoms with van der Waals surface area (Å²) in [5, 5.41) is 7.22. The van der Waals surface area contributed by atoms with Crippen molar-refractivity contribution in [2.75, 3.05) is 0 Å². The predicted molar refractivity (Wildman–Crippen MR) is 61.3 cm³/mol. The Morgan fingerprint density at radius 3 is 2.42 bits per heavy atom. The fourth-order valence-electron chi connectivity index (χ4n) is 1.63. The van der Waals surface area contributed by atoms with E-state index < -0.39 is 17.6 Å². The summed E-state index contributed by atoms with van der Waals surface area (Å²) in [6.45, 7) is 0. The normalized spacial score (nSPS) is 11.6. The molecule has 0 saturated heterocycles. The van der Waals surface area contributed by atoms with Gasteiger partial charge in [-0.2, -0.15) is 18.3 Å². The summed E-state index contributed by atoms with van der Waals surface area (Å²) in [5.41, 5.74) is -0.272. The molecule has 1 heterocycles. The third kappa shape index (κ3) is 3.64. The van der Waals surface area contributed by atoms with Crippen LogP contribution in [-0.4, -0.2) is 10.2 Å². The Morgan fingerprint density at radius 2 is 1.79 bits per heavy atom. The third-order valence-electron chi connectivity index (χ3n) is 2.37. The number of hydrogen-bond acceptors (Lipinski definition) is 2. The van der Waals surface area contributed by atoms with Gasteiger partial charge in [0.2, 0.25) is 0 Å². The Bertz CT molecular complexity index is 599. The van der Waals surface area contributed by atoms with Crippen molar-refractivity contribution < 1.29 is 17.6 Å². The average molecular weight is 291 g/mol. The molecule has 0 aliphatic carbocycles. The number of halogens is 5. The first kappa shape index (κ1) is 13.7. The minimum Gasteiger partial charge on any atom is -0.207 e. The Kier molecular flexibility index (Phi) is 3.71. The number of hydrogen-bond donors (Lipinski definition) is 0. The number of rotatable bonds is 2. The zero-order valence-corrected chi connectivity index (χ0v) is 10.1. The van der Waals surface area contributed by atoms with Gasteiger partial charge in [0.1, 0.15) is 5.82 Å². The highest BCUT2D eigenvalue weighted by Crippen LogP contribution is 2.30. The van der Waals surface area contributed by atoms with Gasteiger partial charge < -0.3 is 0 Å². The van der Waals surface area contributed by atoms with Crippen LogP contribution in [0.4, 0.5) is 17.6 Å². The van der Waals surface area contributed by atoms with E-state index in [4.69, 9.17) is 11.6 Å². The molecule has 2 aromatic rings. The Labute approximate surface area is 111 Å². The molecule has 2 nitrogen and oxygen atoms in total. The largest absolute Gasteiger partial charge is 0.416 e. The quantitative estimate of drug-likeness (QED) is 0.785. The van der Waals surface area contributed by atoms with E-state index in [0.717, 1.165) is 12.1 Å². The van der Waals surface area contributed by atoms with Crippen LogP contribution >= 0.6 is 11.6 Å². The van der Waals surface area contributed by atoms with Crippen molar-refractivity contribution in [1.29, 1.82) is 0 Å². The summed E-state index contributed by atoms with van der Waals surface area (Å²) in [4.78, 5) is 0. The molecule has 7 heteroatoms. The van der Waals surface area contributed by atoms with Crippen molar-refractivity contribution >= 4 is 11.6 Å². The molecule has 0 fully saturated rings.